The van der Waals surface area contributed by atoms with Crippen LogP contribution in [0.25, 0.3) is 0 Å². The molecule has 0 spiro atoms. The van der Waals surface area contributed by atoms with Crippen molar-refractivity contribution < 1.29 is 31.5 Å². The SMILES string of the molecule is CCN(C)C=Nc1ccc(C(=O)OCC(F)(F)C(F)(F)F)c(C)c1C. The van der Waals surface area contributed by atoms with Crippen molar-refractivity contribution in [1.82, 2.24) is 4.90 Å². The summed E-state index contributed by atoms with van der Waals surface area (Å²) < 4.78 is 66.1. The highest BCUT2D eigenvalue weighted by Crippen LogP contribution is 2.35. The number of hydrogen-bond acceptors (Lipinski definition) is 3. The largest absolute Gasteiger partial charge is 0.456 e. The van der Waals surface area contributed by atoms with Crippen molar-refractivity contribution in [2.24, 2.45) is 4.99 Å². The van der Waals surface area contributed by atoms with Crippen molar-refractivity contribution in [2.75, 3.05) is 20.2 Å². The molecular formula is C16H19F5N2O2. The molecule has 9 heteroatoms. The Morgan fingerprint density at radius 1 is 1.20 bits per heavy atom. The Morgan fingerprint density at radius 3 is 2.32 bits per heavy atom. The lowest BCUT2D eigenvalue weighted by atomic mass is 10.0. The van der Waals surface area contributed by atoms with Gasteiger partial charge in [-0.2, -0.15) is 22.0 Å². The van der Waals surface area contributed by atoms with Crippen LogP contribution in [0.5, 0.6) is 0 Å². The second-order valence-corrected chi connectivity index (χ2v) is 5.48. The first-order valence-corrected chi connectivity index (χ1v) is 7.37. The molecule has 0 saturated carbocycles. The van der Waals surface area contributed by atoms with Crippen molar-refractivity contribution in [3.63, 3.8) is 0 Å². The normalized spacial score (nSPS) is 12.5. The molecule has 0 radical (unpaired) electrons. The molecule has 140 valence electrons. The fourth-order valence-electron chi connectivity index (χ4n) is 1.73. The van der Waals surface area contributed by atoms with Gasteiger partial charge in [0.2, 0.25) is 0 Å². The molecule has 0 bridgehead atoms. The standard InChI is InChI=1S/C16H19F5N2O2/c1-5-23(4)9-22-13-7-6-12(10(2)11(13)3)14(24)25-8-15(17,18)16(19,20)21/h6-7,9H,5,8H2,1-4H3. The van der Waals surface area contributed by atoms with E-state index < -0.39 is 24.7 Å². The zero-order valence-corrected chi connectivity index (χ0v) is 14.2. The quantitative estimate of drug-likeness (QED) is 0.327. The first-order valence-electron chi connectivity index (χ1n) is 7.37. The van der Waals surface area contributed by atoms with Gasteiger partial charge in [0.15, 0.2) is 6.61 Å². The number of carbonyl (C=O) groups is 1. The van der Waals surface area contributed by atoms with Crippen LogP contribution in [0.15, 0.2) is 17.1 Å². The fourth-order valence-corrected chi connectivity index (χ4v) is 1.73. The Bertz CT molecular complexity index is 657. The lowest BCUT2D eigenvalue weighted by molar-refractivity contribution is -0.292. The molecule has 0 heterocycles. The first-order chi connectivity index (χ1) is 11.4. The third-order valence-corrected chi connectivity index (χ3v) is 3.67. The summed E-state index contributed by atoms with van der Waals surface area (Å²) in [5.41, 5.74) is 1.46. The molecule has 4 nitrogen and oxygen atoms in total. The van der Waals surface area contributed by atoms with Crippen LogP contribution in [0.3, 0.4) is 0 Å². The molecular weight excluding hydrogens is 347 g/mol. The van der Waals surface area contributed by atoms with E-state index in [4.69, 9.17) is 0 Å². The second kappa shape index (κ2) is 7.79. The van der Waals surface area contributed by atoms with Gasteiger partial charge in [0.05, 0.1) is 17.6 Å². The molecule has 0 aliphatic rings. The molecule has 0 aliphatic carbocycles. The molecule has 0 N–H and O–H groups in total. The van der Waals surface area contributed by atoms with E-state index >= 15 is 0 Å². The van der Waals surface area contributed by atoms with E-state index in [1.807, 2.05) is 18.9 Å². The summed E-state index contributed by atoms with van der Waals surface area (Å²) in [4.78, 5) is 17.9. The number of esters is 1. The van der Waals surface area contributed by atoms with Gasteiger partial charge < -0.3 is 9.64 Å². The number of hydrogen-bond donors (Lipinski definition) is 0. The van der Waals surface area contributed by atoms with Gasteiger partial charge in [0, 0.05) is 13.6 Å². The number of rotatable bonds is 6. The van der Waals surface area contributed by atoms with Gasteiger partial charge in [-0.1, -0.05) is 0 Å². The van der Waals surface area contributed by atoms with E-state index in [2.05, 4.69) is 9.73 Å². The molecule has 25 heavy (non-hydrogen) atoms. The van der Waals surface area contributed by atoms with Crippen LogP contribution in [-0.4, -0.2) is 49.5 Å². The van der Waals surface area contributed by atoms with Crippen LogP contribution in [0.1, 0.15) is 28.4 Å². The smallest absolute Gasteiger partial charge is 0.455 e. The third kappa shape index (κ3) is 5.14. The van der Waals surface area contributed by atoms with Crippen LogP contribution in [0, 0.1) is 13.8 Å². The Hall–Kier alpha value is -2.19. The van der Waals surface area contributed by atoms with E-state index in [1.165, 1.54) is 19.1 Å². The van der Waals surface area contributed by atoms with Crippen LogP contribution in [0.4, 0.5) is 27.6 Å². The maximum absolute atomic E-state index is 12.8. The number of ether oxygens (including phenoxy) is 1. The fraction of sp³-hybridized carbons (Fsp3) is 0.500. The van der Waals surface area contributed by atoms with Crippen LogP contribution in [-0.2, 0) is 4.74 Å². The van der Waals surface area contributed by atoms with Gasteiger partial charge in [-0.15, -0.1) is 0 Å². The van der Waals surface area contributed by atoms with Crippen molar-refractivity contribution in [1.29, 1.82) is 0 Å². The minimum Gasteiger partial charge on any atom is -0.455 e. The Balaban J connectivity index is 2.95. The molecule has 0 atom stereocenters. The average molecular weight is 366 g/mol. The summed E-state index contributed by atoms with van der Waals surface area (Å²) >= 11 is 0. The lowest BCUT2D eigenvalue weighted by Gasteiger charge is -2.19. The van der Waals surface area contributed by atoms with Gasteiger partial charge in [-0.05, 0) is 44.0 Å². The summed E-state index contributed by atoms with van der Waals surface area (Å²) in [6, 6.07) is 2.76. The highest BCUT2D eigenvalue weighted by Gasteiger charge is 2.58. The predicted octanol–water partition coefficient (Wildman–Crippen LogP) is 4.27. The van der Waals surface area contributed by atoms with Crippen molar-refractivity contribution >= 4 is 18.0 Å². The number of halogens is 5. The van der Waals surface area contributed by atoms with E-state index in [9.17, 15) is 26.7 Å². The van der Waals surface area contributed by atoms with E-state index in [1.54, 1.807) is 13.3 Å². The average Bonchev–Trinajstić information content (AvgIpc) is 2.52. The number of nitrogens with zero attached hydrogens (tertiary/aromatic N) is 2. The topological polar surface area (TPSA) is 41.9 Å². The van der Waals surface area contributed by atoms with Crippen LogP contribution in [0.2, 0.25) is 0 Å². The summed E-state index contributed by atoms with van der Waals surface area (Å²) in [6.45, 7) is 3.81. The molecule has 1 aromatic carbocycles. The molecule has 0 amide bonds. The number of benzene rings is 1. The summed E-state index contributed by atoms with van der Waals surface area (Å²) in [5.74, 6) is -6.34. The number of alkyl halides is 5. The van der Waals surface area contributed by atoms with Crippen LogP contribution >= 0.6 is 0 Å². The maximum Gasteiger partial charge on any atom is 0.456 e. The molecule has 1 aromatic rings. The van der Waals surface area contributed by atoms with E-state index in [0.29, 0.717) is 16.8 Å². The van der Waals surface area contributed by atoms with Gasteiger partial charge in [0.1, 0.15) is 0 Å². The predicted molar refractivity (Wildman–Crippen MR) is 83.7 cm³/mol. The first kappa shape index (κ1) is 20.9. The number of carbonyl (C=O) groups excluding carboxylic acids is 1. The number of aliphatic imine (C=N–C) groups is 1. The minimum absolute atomic E-state index is 0.0849. The van der Waals surface area contributed by atoms with Crippen molar-refractivity contribution in [3.8, 4) is 0 Å². The summed E-state index contributed by atoms with van der Waals surface area (Å²) in [7, 11) is 1.82. The molecule has 0 saturated heterocycles. The van der Waals surface area contributed by atoms with Crippen molar-refractivity contribution in [3.05, 3.63) is 28.8 Å². The minimum atomic E-state index is -5.78. The lowest BCUT2D eigenvalue weighted by Crippen LogP contribution is -2.41. The molecule has 0 aromatic heterocycles. The molecule has 0 fully saturated rings. The highest BCUT2D eigenvalue weighted by molar-refractivity contribution is 5.92. The van der Waals surface area contributed by atoms with Gasteiger partial charge in [-0.3, -0.25) is 0 Å². The Labute approximate surface area is 142 Å². The third-order valence-electron chi connectivity index (χ3n) is 3.67. The van der Waals surface area contributed by atoms with Crippen molar-refractivity contribution in [2.45, 2.75) is 32.9 Å². The van der Waals surface area contributed by atoms with Gasteiger partial charge >= 0.3 is 18.1 Å². The molecule has 0 aliphatic heterocycles. The van der Waals surface area contributed by atoms with Gasteiger partial charge in [-0.25, -0.2) is 9.79 Å². The summed E-state index contributed by atoms with van der Waals surface area (Å²) in [5, 5.41) is 0. The van der Waals surface area contributed by atoms with E-state index in [-0.39, 0.29) is 5.56 Å². The zero-order chi connectivity index (χ0) is 19.4. The Morgan fingerprint density at radius 2 is 1.80 bits per heavy atom. The summed E-state index contributed by atoms with van der Waals surface area (Å²) in [6.07, 6.45) is -4.19. The monoisotopic (exact) mass is 366 g/mol. The molecule has 1 rings (SSSR count). The van der Waals surface area contributed by atoms with E-state index in [0.717, 1.165) is 6.54 Å². The second-order valence-electron chi connectivity index (χ2n) is 5.48. The zero-order valence-electron chi connectivity index (χ0n) is 14.2. The Kier molecular flexibility index (Phi) is 6.50. The maximum atomic E-state index is 12.8. The molecule has 0 unspecified atom stereocenters. The van der Waals surface area contributed by atoms with Crippen LogP contribution < -0.4 is 0 Å². The highest BCUT2D eigenvalue weighted by atomic mass is 19.4. The van der Waals surface area contributed by atoms with Gasteiger partial charge in [0.25, 0.3) is 0 Å².